The predicted molar refractivity (Wildman–Crippen MR) is 78.9 cm³/mol. The van der Waals surface area contributed by atoms with Crippen molar-refractivity contribution in [2.75, 3.05) is 47.8 Å². The lowest BCUT2D eigenvalue weighted by atomic mass is 10.1. The smallest absolute Gasteiger partial charge is 0.0446 e. The third-order valence-electron chi connectivity index (χ3n) is 3.19. The van der Waals surface area contributed by atoms with E-state index in [9.17, 15) is 0 Å². The van der Waals surface area contributed by atoms with Crippen LogP contribution in [0.2, 0.25) is 0 Å². The Labute approximate surface area is 112 Å². The lowest BCUT2D eigenvalue weighted by molar-refractivity contribution is 0.275. The molecule has 0 bridgehead atoms. The zero-order valence-electron chi connectivity index (χ0n) is 12.2. The summed E-state index contributed by atoms with van der Waals surface area (Å²) in [6.45, 7) is 3.34. The number of hydrogen-bond acceptors (Lipinski definition) is 3. The van der Waals surface area contributed by atoms with E-state index in [1.54, 1.807) is 0 Å². The quantitative estimate of drug-likeness (QED) is 0.758. The first-order valence-corrected chi connectivity index (χ1v) is 6.69. The summed E-state index contributed by atoms with van der Waals surface area (Å²) in [5.41, 5.74) is 1.36. The summed E-state index contributed by atoms with van der Waals surface area (Å²) >= 11 is 0. The summed E-state index contributed by atoms with van der Waals surface area (Å²) < 4.78 is 0. The van der Waals surface area contributed by atoms with Crippen molar-refractivity contribution in [1.82, 2.24) is 15.1 Å². The fourth-order valence-electron chi connectivity index (χ4n) is 2.11. The van der Waals surface area contributed by atoms with Gasteiger partial charge in [0.1, 0.15) is 0 Å². The molecule has 1 rings (SSSR count). The number of rotatable bonds is 8. The highest BCUT2D eigenvalue weighted by atomic mass is 15.1. The van der Waals surface area contributed by atoms with E-state index in [1.165, 1.54) is 12.0 Å². The maximum atomic E-state index is 3.40. The van der Waals surface area contributed by atoms with E-state index in [2.05, 4.69) is 66.6 Å². The Morgan fingerprint density at radius 3 is 2.28 bits per heavy atom. The van der Waals surface area contributed by atoms with Crippen LogP contribution in [0.25, 0.3) is 0 Å². The van der Waals surface area contributed by atoms with Gasteiger partial charge in [0.05, 0.1) is 0 Å². The first-order valence-electron chi connectivity index (χ1n) is 6.69. The zero-order valence-corrected chi connectivity index (χ0v) is 12.2. The Hall–Kier alpha value is -0.900. The summed E-state index contributed by atoms with van der Waals surface area (Å²) in [6, 6.07) is 11.1. The molecule has 18 heavy (non-hydrogen) atoms. The van der Waals surface area contributed by atoms with Gasteiger partial charge in [-0.1, -0.05) is 30.3 Å². The molecule has 0 aromatic heterocycles. The Morgan fingerprint density at radius 1 is 1.06 bits per heavy atom. The van der Waals surface area contributed by atoms with Gasteiger partial charge in [-0.2, -0.15) is 0 Å². The van der Waals surface area contributed by atoms with Crippen LogP contribution in [0.4, 0.5) is 0 Å². The minimum Gasteiger partial charge on any atom is -0.312 e. The van der Waals surface area contributed by atoms with Gasteiger partial charge in [0.2, 0.25) is 0 Å². The van der Waals surface area contributed by atoms with E-state index >= 15 is 0 Å². The van der Waals surface area contributed by atoms with Gasteiger partial charge in [-0.3, -0.25) is 0 Å². The van der Waals surface area contributed by atoms with E-state index < -0.39 is 0 Å². The van der Waals surface area contributed by atoms with Crippen LogP contribution >= 0.6 is 0 Å². The number of hydrogen-bond donors (Lipinski definition) is 1. The van der Waals surface area contributed by atoms with Crippen LogP contribution in [0.15, 0.2) is 30.3 Å². The summed E-state index contributed by atoms with van der Waals surface area (Å²) in [7, 11) is 8.48. The minimum absolute atomic E-state index is 0.413. The normalized spacial score (nSPS) is 13.2. The van der Waals surface area contributed by atoms with Crippen LogP contribution in [0.1, 0.15) is 18.0 Å². The fraction of sp³-hybridized carbons (Fsp3) is 0.600. The first-order chi connectivity index (χ1) is 8.63. The van der Waals surface area contributed by atoms with Crippen LogP contribution in [0.3, 0.4) is 0 Å². The molecule has 0 saturated heterocycles. The van der Waals surface area contributed by atoms with Crippen molar-refractivity contribution >= 4 is 0 Å². The molecule has 1 aromatic rings. The molecule has 1 atom stereocenters. The molecule has 3 nitrogen and oxygen atoms in total. The first kappa shape index (κ1) is 15.2. The predicted octanol–water partition coefficient (Wildman–Crippen LogP) is 1.83. The molecule has 0 aliphatic carbocycles. The Kier molecular flexibility index (Phi) is 6.94. The van der Waals surface area contributed by atoms with Crippen LogP contribution < -0.4 is 5.32 Å². The molecule has 1 aromatic carbocycles. The second-order valence-electron chi connectivity index (χ2n) is 5.17. The Morgan fingerprint density at radius 2 is 1.72 bits per heavy atom. The molecule has 0 radical (unpaired) electrons. The van der Waals surface area contributed by atoms with Crippen molar-refractivity contribution in [2.45, 2.75) is 12.5 Å². The van der Waals surface area contributed by atoms with Crippen molar-refractivity contribution < 1.29 is 0 Å². The zero-order chi connectivity index (χ0) is 13.4. The van der Waals surface area contributed by atoms with Crippen molar-refractivity contribution in [3.8, 4) is 0 Å². The molecule has 0 aliphatic rings. The van der Waals surface area contributed by atoms with Crippen molar-refractivity contribution in [1.29, 1.82) is 0 Å². The molecule has 0 heterocycles. The third kappa shape index (κ3) is 5.63. The van der Waals surface area contributed by atoms with E-state index in [-0.39, 0.29) is 0 Å². The Bertz CT molecular complexity index is 311. The van der Waals surface area contributed by atoms with Gasteiger partial charge in [0, 0.05) is 12.6 Å². The highest BCUT2D eigenvalue weighted by Gasteiger charge is 2.11. The minimum atomic E-state index is 0.413. The van der Waals surface area contributed by atoms with Gasteiger partial charge in [-0.05, 0) is 53.3 Å². The van der Waals surface area contributed by atoms with Gasteiger partial charge in [-0.15, -0.1) is 0 Å². The highest BCUT2D eigenvalue weighted by molar-refractivity contribution is 5.19. The van der Waals surface area contributed by atoms with Gasteiger partial charge in [-0.25, -0.2) is 0 Å². The number of nitrogens with one attached hydrogen (secondary N) is 1. The molecule has 0 spiro atoms. The SMILES string of the molecule is CNC(CN(C)CCCN(C)C)c1ccccc1. The average Bonchev–Trinajstić information content (AvgIpc) is 2.36. The lowest BCUT2D eigenvalue weighted by Crippen LogP contribution is -2.32. The van der Waals surface area contributed by atoms with E-state index in [4.69, 9.17) is 0 Å². The van der Waals surface area contributed by atoms with Crippen molar-refractivity contribution in [2.24, 2.45) is 0 Å². The number of likely N-dealkylation sites (N-methyl/N-ethyl adjacent to an activating group) is 2. The molecule has 0 aliphatic heterocycles. The van der Waals surface area contributed by atoms with Crippen molar-refractivity contribution in [3.05, 3.63) is 35.9 Å². The van der Waals surface area contributed by atoms with Crippen LogP contribution in [-0.4, -0.2) is 57.6 Å². The molecule has 3 heteroatoms. The second-order valence-corrected chi connectivity index (χ2v) is 5.17. The van der Waals surface area contributed by atoms with Crippen LogP contribution in [-0.2, 0) is 0 Å². The molecule has 0 saturated carbocycles. The highest BCUT2D eigenvalue weighted by Crippen LogP contribution is 2.12. The summed E-state index contributed by atoms with van der Waals surface area (Å²) in [4.78, 5) is 4.64. The molecular formula is C15H27N3. The molecule has 1 N–H and O–H groups in total. The van der Waals surface area contributed by atoms with Crippen LogP contribution in [0.5, 0.6) is 0 Å². The van der Waals surface area contributed by atoms with Gasteiger partial charge < -0.3 is 15.1 Å². The number of nitrogens with zero attached hydrogens (tertiary/aromatic N) is 2. The van der Waals surface area contributed by atoms with Gasteiger partial charge >= 0.3 is 0 Å². The topological polar surface area (TPSA) is 18.5 Å². The van der Waals surface area contributed by atoms with Gasteiger partial charge in [0.25, 0.3) is 0 Å². The second kappa shape index (κ2) is 8.25. The average molecular weight is 249 g/mol. The van der Waals surface area contributed by atoms with E-state index in [0.717, 1.165) is 19.6 Å². The van der Waals surface area contributed by atoms with Crippen molar-refractivity contribution in [3.63, 3.8) is 0 Å². The van der Waals surface area contributed by atoms with Crippen LogP contribution in [0, 0.1) is 0 Å². The maximum absolute atomic E-state index is 3.40. The largest absolute Gasteiger partial charge is 0.312 e. The summed E-state index contributed by atoms with van der Waals surface area (Å²) in [5, 5.41) is 3.40. The molecule has 0 fully saturated rings. The van der Waals surface area contributed by atoms with E-state index in [0.29, 0.717) is 6.04 Å². The monoisotopic (exact) mass is 249 g/mol. The summed E-state index contributed by atoms with van der Waals surface area (Å²) in [6.07, 6.45) is 1.22. The molecule has 102 valence electrons. The Balaban J connectivity index is 2.39. The molecule has 0 amide bonds. The molecule has 1 unspecified atom stereocenters. The fourth-order valence-corrected chi connectivity index (χ4v) is 2.11. The van der Waals surface area contributed by atoms with E-state index in [1.807, 2.05) is 7.05 Å². The number of benzene rings is 1. The summed E-state index contributed by atoms with van der Waals surface area (Å²) in [5.74, 6) is 0. The maximum Gasteiger partial charge on any atom is 0.0446 e. The standard InChI is InChI=1S/C15H27N3/c1-16-15(14-9-6-5-7-10-14)13-18(4)12-8-11-17(2)3/h5-7,9-10,15-16H,8,11-13H2,1-4H3. The third-order valence-corrected chi connectivity index (χ3v) is 3.19. The lowest BCUT2D eigenvalue weighted by Gasteiger charge is -2.24. The molecular weight excluding hydrogens is 222 g/mol. The van der Waals surface area contributed by atoms with Gasteiger partial charge in [0.15, 0.2) is 0 Å².